The molecule has 4 nitrogen and oxygen atoms in total. The topological polar surface area (TPSA) is 72.5 Å². The van der Waals surface area contributed by atoms with Crippen molar-refractivity contribution in [2.45, 2.75) is 13.8 Å². The fraction of sp³-hybridized carbons (Fsp3) is 0.300. The number of ether oxygens (including phenoxy) is 1. The molecule has 0 saturated carbocycles. The van der Waals surface area contributed by atoms with Crippen LogP contribution < -0.4 is 10.5 Å². The molecule has 0 unspecified atom stereocenters. The van der Waals surface area contributed by atoms with Gasteiger partial charge in [0.1, 0.15) is 11.3 Å². The summed E-state index contributed by atoms with van der Waals surface area (Å²) >= 11 is 0. The third kappa shape index (κ3) is 1.51. The van der Waals surface area contributed by atoms with Crippen LogP contribution in [0.5, 0.6) is 5.75 Å². The van der Waals surface area contributed by atoms with Crippen LogP contribution >= 0.6 is 0 Å². The van der Waals surface area contributed by atoms with E-state index in [0.29, 0.717) is 17.0 Å². The first kappa shape index (κ1) is 10.4. The molecular formula is C10H13NO3. The highest BCUT2D eigenvalue weighted by Gasteiger charge is 2.17. The summed E-state index contributed by atoms with van der Waals surface area (Å²) in [6.45, 7) is 3.49. The van der Waals surface area contributed by atoms with Gasteiger partial charge in [-0.05, 0) is 31.0 Å². The van der Waals surface area contributed by atoms with Gasteiger partial charge in [-0.15, -0.1) is 0 Å². The Morgan fingerprint density at radius 2 is 2.07 bits per heavy atom. The molecule has 3 N–H and O–H groups in total. The molecule has 0 aromatic heterocycles. The molecule has 1 aromatic carbocycles. The Kier molecular flexibility index (Phi) is 2.65. The average Bonchev–Trinajstić information content (AvgIpc) is 2.12. The Morgan fingerprint density at radius 1 is 1.50 bits per heavy atom. The maximum atomic E-state index is 10.9. The quantitative estimate of drug-likeness (QED) is 0.703. The molecule has 76 valence electrons. The zero-order valence-corrected chi connectivity index (χ0v) is 8.42. The van der Waals surface area contributed by atoms with E-state index < -0.39 is 5.97 Å². The van der Waals surface area contributed by atoms with E-state index in [2.05, 4.69) is 0 Å². The third-order valence-corrected chi connectivity index (χ3v) is 2.23. The summed E-state index contributed by atoms with van der Waals surface area (Å²) in [6.07, 6.45) is 0. The highest BCUT2D eigenvalue weighted by molar-refractivity contribution is 5.94. The molecule has 1 rings (SSSR count). The number of hydrogen-bond donors (Lipinski definition) is 2. The van der Waals surface area contributed by atoms with Crippen molar-refractivity contribution >= 4 is 11.7 Å². The van der Waals surface area contributed by atoms with Crippen molar-refractivity contribution in [3.05, 3.63) is 22.8 Å². The van der Waals surface area contributed by atoms with Crippen LogP contribution in [0.1, 0.15) is 21.5 Å². The summed E-state index contributed by atoms with van der Waals surface area (Å²) in [5.41, 5.74) is 7.74. The molecule has 1 aromatic rings. The number of aryl methyl sites for hydroxylation is 1. The predicted octanol–water partition coefficient (Wildman–Crippen LogP) is 1.59. The molecule has 4 heteroatoms. The number of carboxylic acid groups (broad SMARTS) is 1. The fourth-order valence-corrected chi connectivity index (χ4v) is 1.39. The van der Waals surface area contributed by atoms with Crippen LogP contribution in [0.3, 0.4) is 0 Å². The molecule has 0 spiro atoms. The number of anilines is 1. The van der Waals surface area contributed by atoms with Crippen LogP contribution in [-0.2, 0) is 0 Å². The van der Waals surface area contributed by atoms with E-state index in [0.717, 1.165) is 5.56 Å². The second kappa shape index (κ2) is 3.57. The number of carboxylic acids is 1. The summed E-state index contributed by atoms with van der Waals surface area (Å²) in [4.78, 5) is 10.9. The zero-order chi connectivity index (χ0) is 10.9. The van der Waals surface area contributed by atoms with Crippen molar-refractivity contribution in [3.63, 3.8) is 0 Å². The molecule has 0 bridgehead atoms. The summed E-state index contributed by atoms with van der Waals surface area (Å²) < 4.78 is 4.99. The van der Waals surface area contributed by atoms with E-state index >= 15 is 0 Å². The van der Waals surface area contributed by atoms with Gasteiger partial charge in [0.2, 0.25) is 0 Å². The summed E-state index contributed by atoms with van der Waals surface area (Å²) in [6, 6.07) is 1.63. The molecule has 0 radical (unpaired) electrons. The van der Waals surface area contributed by atoms with Gasteiger partial charge < -0.3 is 15.6 Å². The van der Waals surface area contributed by atoms with Gasteiger partial charge >= 0.3 is 5.97 Å². The van der Waals surface area contributed by atoms with Crippen molar-refractivity contribution in [3.8, 4) is 5.75 Å². The van der Waals surface area contributed by atoms with Crippen LogP contribution in [0, 0.1) is 13.8 Å². The smallest absolute Gasteiger partial charge is 0.339 e. The van der Waals surface area contributed by atoms with Gasteiger partial charge in [0.25, 0.3) is 0 Å². The molecule has 0 amide bonds. The van der Waals surface area contributed by atoms with E-state index in [4.69, 9.17) is 15.6 Å². The van der Waals surface area contributed by atoms with Crippen LogP contribution in [0.25, 0.3) is 0 Å². The second-order valence-electron chi connectivity index (χ2n) is 3.11. The van der Waals surface area contributed by atoms with E-state index in [1.54, 1.807) is 13.0 Å². The Hall–Kier alpha value is -1.71. The van der Waals surface area contributed by atoms with Crippen LogP contribution in [0.2, 0.25) is 0 Å². The minimum atomic E-state index is -1.02. The molecule has 0 aliphatic carbocycles. The SMILES string of the molecule is COc1cc(C)c(N)c(C)c1C(=O)O. The lowest BCUT2D eigenvalue weighted by Gasteiger charge is -2.12. The Labute approximate surface area is 82.3 Å². The van der Waals surface area contributed by atoms with Crippen molar-refractivity contribution in [2.75, 3.05) is 12.8 Å². The van der Waals surface area contributed by atoms with Crippen LogP contribution in [0.15, 0.2) is 6.07 Å². The van der Waals surface area contributed by atoms with Gasteiger partial charge in [0.15, 0.2) is 0 Å². The van der Waals surface area contributed by atoms with Gasteiger partial charge in [-0.25, -0.2) is 4.79 Å². The fourth-order valence-electron chi connectivity index (χ4n) is 1.39. The molecular weight excluding hydrogens is 182 g/mol. The van der Waals surface area contributed by atoms with Crippen molar-refractivity contribution < 1.29 is 14.6 Å². The highest BCUT2D eigenvalue weighted by Crippen LogP contribution is 2.29. The van der Waals surface area contributed by atoms with Gasteiger partial charge in [-0.1, -0.05) is 0 Å². The normalized spacial score (nSPS) is 9.93. The van der Waals surface area contributed by atoms with Crippen molar-refractivity contribution in [1.29, 1.82) is 0 Å². The predicted molar refractivity (Wildman–Crippen MR) is 53.8 cm³/mol. The number of hydrogen-bond acceptors (Lipinski definition) is 3. The summed E-state index contributed by atoms with van der Waals surface area (Å²) in [5.74, 6) is -0.673. The van der Waals surface area contributed by atoms with Gasteiger partial charge in [-0.3, -0.25) is 0 Å². The molecule has 0 aliphatic heterocycles. The lowest BCUT2D eigenvalue weighted by molar-refractivity contribution is 0.0692. The number of benzene rings is 1. The number of nitrogens with two attached hydrogens (primary N) is 1. The number of methoxy groups -OCH3 is 1. The Balaban J connectivity index is 3.53. The Morgan fingerprint density at radius 3 is 2.50 bits per heavy atom. The van der Waals surface area contributed by atoms with Gasteiger partial charge in [0.05, 0.1) is 7.11 Å². The average molecular weight is 195 g/mol. The number of carbonyl (C=O) groups is 1. The second-order valence-corrected chi connectivity index (χ2v) is 3.11. The monoisotopic (exact) mass is 195 g/mol. The lowest BCUT2D eigenvalue weighted by atomic mass is 10.0. The first-order valence-electron chi connectivity index (χ1n) is 4.16. The van der Waals surface area contributed by atoms with Crippen LogP contribution in [0.4, 0.5) is 5.69 Å². The van der Waals surface area contributed by atoms with Crippen LogP contribution in [-0.4, -0.2) is 18.2 Å². The maximum absolute atomic E-state index is 10.9. The summed E-state index contributed by atoms with van der Waals surface area (Å²) in [7, 11) is 1.44. The minimum Gasteiger partial charge on any atom is -0.496 e. The van der Waals surface area contributed by atoms with E-state index in [9.17, 15) is 4.79 Å². The molecule has 0 fully saturated rings. The highest BCUT2D eigenvalue weighted by atomic mass is 16.5. The molecule has 14 heavy (non-hydrogen) atoms. The third-order valence-electron chi connectivity index (χ3n) is 2.23. The van der Waals surface area contributed by atoms with E-state index in [-0.39, 0.29) is 5.56 Å². The van der Waals surface area contributed by atoms with Gasteiger partial charge in [-0.2, -0.15) is 0 Å². The van der Waals surface area contributed by atoms with Crippen molar-refractivity contribution in [2.24, 2.45) is 0 Å². The van der Waals surface area contributed by atoms with E-state index in [1.807, 2.05) is 6.92 Å². The largest absolute Gasteiger partial charge is 0.496 e. The molecule has 0 aliphatic rings. The van der Waals surface area contributed by atoms with E-state index in [1.165, 1.54) is 7.11 Å². The molecule has 0 atom stereocenters. The Bertz CT molecular complexity index is 385. The standard InChI is InChI=1S/C10H13NO3/c1-5-4-7(14-3)8(10(12)13)6(2)9(5)11/h4H,11H2,1-3H3,(H,12,13). The number of rotatable bonds is 2. The first-order valence-corrected chi connectivity index (χ1v) is 4.16. The zero-order valence-electron chi connectivity index (χ0n) is 8.42. The van der Waals surface area contributed by atoms with Gasteiger partial charge in [0, 0.05) is 5.69 Å². The summed E-state index contributed by atoms with van der Waals surface area (Å²) in [5, 5.41) is 8.96. The number of nitrogen functional groups attached to an aromatic ring is 1. The molecule has 0 saturated heterocycles. The molecule has 0 heterocycles. The number of aromatic carboxylic acids is 1. The maximum Gasteiger partial charge on any atom is 0.339 e. The van der Waals surface area contributed by atoms with Crippen molar-refractivity contribution in [1.82, 2.24) is 0 Å². The lowest BCUT2D eigenvalue weighted by Crippen LogP contribution is -2.07. The minimum absolute atomic E-state index is 0.135. The first-order chi connectivity index (χ1) is 6.49.